The van der Waals surface area contributed by atoms with Crippen LogP contribution in [0.5, 0.6) is 28.7 Å². The van der Waals surface area contributed by atoms with E-state index in [0.29, 0.717) is 11.5 Å². The topological polar surface area (TPSA) is 151 Å². The molecule has 12 nitrogen and oxygen atoms in total. The number of anilines is 2. The number of rotatable bonds is 9. The Hall–Kier alpha value is -5.26. The van der Waals surface area contributed by atoms with Gasteiger partial charge in [0, 0.05) is 5.56 Å². The van der Waals surface area contributed by atoms with E-state index in [1.165, 1.54) is 45.6 Å². The third kappa shape index (κ3) is 6.22. The van der Waals surface area contributed by atoms with Gasteiger partial charge < -0.3 is 39.6 Å². The van der Waals surface area contributed by atoms with Gasteiger partial charge in [-0.2, -0.15) is 0 Å². The number of aryl methyl sites for hydroxylation is 2. The summed E-state index contributed by atoms with van der Waals surface area (Å²) in [4.78, 5) is 51.8. The molecule has 1 aliphatic heterocycles. The van der Waals surface area contributed by atoms with Crippen LogP contribution in [-0.4, -0.2) is 57.7 Å². The van der Waals surface area contributed by atoms with Gasteiger partial charge in [0.1, 0.15) is 5.75 Å². The molecule has 0 bridgehead atoms. The standard InChI is InChI=1S/C30H31N3O9/c1-7-41-30(37)25-29(36)31-20-14-21(32-27(34)17-11-23(38-4)26(40-6)24(12-17)39-5)22(13-19(20)28(35)33-25)42-18-9-15(2)8-16(3)10-18/h8-14,25H,7H2,1-6H3,(H,31,36)(H,32,34)(H,33,35). The fraction of sp³-hybridized carbons (Fsp3) is 0.267. The normalized spacial score (nSPS) is 14.0. The first-order chi connectivity index (χ1) is 20.1. The SMILES string of the molecule is CCOC(=O)C1NC(=O)c2cc(Oc3cc(C)cc(C)c3)c(NC(=O)c3cc(OC)c(OC)c(OC)c3)cc2NC1=O. The van der Waals surface area contributed by atoms with E-state index in [0.717, 1.165) is 11.1 Å². The van der Waals surface area contributed by atoms with Crippen LogP contribution in [0.15, 0.2) is 42.5 Å². The molecule has 0 saturated carbocycles. The van der Waals surface area contributed by atoms with E-state index in [1.807, 2.05) is 19.9 Å². The molecule has 0 fully saturated rings. The molecule has 3 aromatic carbocycles. The average Bonchev–Trinajstić information content (AvgIpc) is 3.06. The number of benzene rings is 3. The second-order valence-electron chi connectivity index (χ2n) is 9.34. The number of hydrogen-bond donors (Lipinski definition) is 3. The van der Waals surface area contributed by atoms with E-state index in [2.05, 4.69) is 16.0 Å². The molecule has 1 heterocycles. The maximum Gasteiger partial charge on any atom is 0.338 e. The fourth-order valence-electron chi connectivity index (χ4n) is 4.45. The van der Waals surface area contributed by atoms with Crippen molar-refractivity contribution >= 4 is 35.1 Å². The number of nitrogens with one attached hydrogen (secondary N) is 3. The maximum absolute atomic E-state index is 13.5. The van der Waals surface area contributed by atoms with Crippen molar-refractivity contribution in [2.24, 2.45) is 0 Å². The fourth-order valence-corrected chi connectivity index (χ4v) is 4.45. The van der Waals surface area contributed by atoms with Crippen molar-refractivity contribution in [2.45, 2.75) is 26.8 Å². The Morgan fingerprint density at radius 3 is 2.07 bits per heavy atom. The molecule has 220 valence electrons. The molecule has 1 atom stereocenters. The molecule has 0 saturated heterocycles. The molecule has 0 spiro atoms. The van der Waals surface area contributed by atoms with Crippen molar-refractivity contribution in [3.05, 3.63) is 64.7 Å². The number of fused-ring (bicyclic) bond motifs is 1. The first-order valence-electron chi connectivity index (χ1n) is 12.9. The van der Waals surface area contributed by atoms with Crippen molar-refractivity contribution in [2.75, 3.05) is 38.6 Å². The molecular weight excluding hydrogens is 546 g/mol. The van der Waals surface area contributed by atoms with E-state index in [-0.39, 0.29) is 46.4 Å². The Bertz CT molecular complexity index is 1520. The zero-order valence-corrected chi connectivity index (χ0v) is 24.0. The van der Waals surface area contributed by atoms with Gasteiger partial charge in [-0.1, -0.05) is 6.07 Å². The summed E-state index contributed by atoms with van der Waals surface area (Å²) >= 11 is 0. The third-order valence-corrected chi connectivity index (χ3v) is 6.28. The lowest BCUT2D eigenvalue weighted by molar-refractivity contribution is -0.147. The van der Waals surface area contributed by atoms with Crippen LogP contribution in [0.3, 0.4) is 0 Å². The first kappa shape index (κ1) is 29.7. The Morgan fingerprint density at radius 1 is 0.857 bits per heavy atom. The molecule has 3 amide bonds. The first-order valence-corrected chi connectivity index (χ1v) is 12.9. The average molecular weight is 578 g/mol. The van der Waals surface area contributed by atoms with Gasteiger partial charge in [-0.15, -0.1) is 0 Å². The highest BCUT2D eigenvalue weighted by molar-refractivity contribution is 6.18. The van der Waals surface area contributed by atoms with E-state index in [9.17, 15) is 19.2 Å². The highest BCUT2D eigenvalue weighted by Crippen LogP contribution is 2.40. The number of ether oxygens (including phenoxy) is 5. The Labute approximate surface area is 242 Å². The van der Waals surface area contributed by atoms with Gasteiger partial charge in [-0.05, 0) is 68.3 Å². The monoisotopic (exact) mass is 577 g/mol. The second-order valence-corrected chi connectivity index (χ2v) is 9.34. The molecule has 1 unspecified atom stereocenters. The minimum atomic E-state index is -1.56. The van der Waals surface area contributed by atoms with Crippen molar-refractivity contribution in [3.8, 4) is 28.7 Å². The molecule has 3 aromatic rings. The van der Waals surface area contributed by atoms with Crippen molar-refractivity contribution < 1.29 is 42.9 Å². The summed E-state index contributed by atoms with van der Waals surface area (Å²) in [5.41, 5.74) is 2.24. The van der Waals surface area contributed by atoms with E-state index in [4.69, 9.17) is 23.7 Å². The van der Waals surface area contributed by atoms with Crippen molar-refractivity contribution in [1.29, 1.82) is 0 Å². The van der Waals surface area contributed by atoms with Crippen molar-refractivity contribution in [1.82, 2.24) is 5.32 Å². The molecule has 0 aliphatic carbocycles. The molecule has 0 aromatic heterocycles. The van der Waals surface area contributed by atoms with Gasteiger partial charge in [-0.3, -0.25) is 14.4 Å². The predicted octanol–water partition coefficient (Wildman–Crippen LogP) is 3.99. The molecule has 42 heavy (non-hydrogen) atoms. The van der Waals surface area contributed by atoms with E-state index < -0.39 is 29.7 Å². The van der Waals surface area contributed by atoms with E-state index >= 15 is 0 Å². The number of esters is 1. The van der Waals surface area contributed by atoms with Crippen LogP contribution in [0.25, 0.3) is 0 Å². The van der Waals surface area contributed by atoms with Crippen LogP contribution in [0, 0.1) is 13.8 Å². The molecule has 4 rings (SSSR count). The van der Waals surface area contributed by atoms with Gasteiger partial charge in [0.25, 0.3) is 17.7 Å². The zero-order valence-electron chi connectivity index (χ0n) is 24.0. The number of carbonyl (C=O) groups is 4. The summed E-state index contributed by atoms with van der Waals surface area (Å²) in [6.07, 6.45) is 0. The highest BCUT2D eigenvalue weighted by Gasteiger charge is 2.35. The van der Waals surface area contributed by atoms with Gasteiger partial charge in [0.05, 0.1) is 44.9 Å². The van der Waals surface area contributed by atoms with E-state index in [1.54, 1.807) is 19.1 Å². The molecular formula is C30H31N3O9. The summed E-state index contributed by atoms with van der Waals surface area (Å²) in [5.74, 6) is -1.58. The number of methoxy groups -OCH3 is 3. The van der Waals surface area contributed by atoms with Gasteiger partial charge in [0.2, 0.25) is 11.8 Å². The summed E-state index contributed by atoms with van der Waals surface area (Å²) in [6, 6.07) is 9.70. The largest absolute Gasteiger partial charge is 0.493 e. The summed E-state index contributed by atoms with van der Waals surface area (Å²) in [5, 5.41) is 7.74. The van der Waals surface area contributed by atoms with Crippen LogP contribution in [0.4, 0.5) is 11.4 Å². The smallest absolute Gasteiger partial charge is 0.338 e. The van der Waals surface area contributed by atoms with Gasteiger partial charge in [-0.25, -0.2) is 4.79 Å². The molecule has 0 radical (unpaired) electrons. The quantitative estimate of drug-likeness (QED) is 0.253. The number of hydrogen-bond acceptors (Lipinski definition) is 9. The summed E-state index contributed by atoms with van der Waals surface area (Å²) < 4.78 is 27.2. The second kappa shape index (κ2) is 12.5. The van der Waals surface area contributed by atoms with Crippen LogP contribution >= 0.6 is 0 Å². The van der Waals surface area contributed by atoms with Crippen LogP contribution < -0.4 is 34.9 Å². The Balaban J connectivity index is 1.79. The molecule has 3 N–H and O–H groups in total. The minimum Gasteiger partial charge on any atom is -0.493 e. The zero-order chi connectivity index (χ0) is 30.6. The molecule has 1 aliphatic rings. The van der Waals surface area contributed by atoms with Crippen molar-refractivity contribution in [3.63, 3.8) is 0 Å². The Morgan fingerprint density at radius 2 is 1.50 bits per heavy atom. The Kier molecular flexibility index (Phi) is 8.84. The number of carbonyl (C=O) groups excluding carboxylic acids is 4. The maximum atomic E-state index is 13.5. The molecule has 12 heteroatoms. The van der Waals surface area contributed by atoms with Gasteiger partial charge >= 0.3 is 5.97 Å². The summed E-state index contributed by atoms with van der Waals surface area (Å²) in [7, 11) is 4.31. The third-order valence-electron chi connectivity index (χ3n) is 6.28. The predicted molar refractivity (Wildman–Crippen MR) is 153 cm³/mol. The lowest BCUT2D eigenvalue weighted by Gasteiger charge is -2.17. The van der Waals surface area contributed by atoms with Crippen LogP contribution in [0.1, 0.15) is 38.8 Å². The summed E-state index contributed by atoms with van der Waals surface area (Å²) in [6.45, 7) is 5.42. The lowest BCUT2D eigenvalue weighted by Crippen LogP contribution is -2.47. The number of amides is 3. The van der Waals surface area contributed by atoms with Gasteiger partial charge in [0.15, 0.2) is 17.2 Å². The minimum absolute atomic E-state index is 0.0142. The van der Waals surface area contributed by atoms with Crippen LogP contribution in [0.2, 0.25) is 0 Å². The van der Waals surface area contributed by atoms with Crippen LogP contribution in [-0.2, 0) is 14.3 Å². The lowest BCUT2D eigenvalue weighted by atomic mass is 10.1. The highest BCUT2D eigenvalue weighted by atomic mass is 16.5.